The molecule has 5 nitrogen and oxygen atoms in total. The van der Waals surface area contributed by atoms with Gasteiger partial charge in [0, 0.05) is 24.8 Å². The predicted octanol–water partition coefficient (Wildman–Crippen LogP) is 1.74. The molecular formula is C14H14O5. The SMILES string of the molecule is O=C1CCC(C(=O)c2ccc3c(c2)OCCCO3)O1. The van der Waals surface area contributed by atoms with Gasteiger partial charge in [-0.05, 0) is 18.2 Å². The van der Waals surface area contributed by atoms with E-state index in [0.717, 1.165) is 6.42 Å². The molecular weight excluding hydrogens is 248 g/mol. The number of Topliss-reactive ketones (excluding diaryl/α,β-unsaturated/α-hetero) is 1. The molecule has 0 radical (unpaired) electrons. The lowest BCUT2D eigenvalue weighted by molar-refractivity contribution is -0.140. The lowest BCUT2D eigenvalue weighted by Crippen LogP contribution is -2.20. The number of esters is 1. The number of fused-ring (bicyclic) bond motifs is 1. The van der Waals surface area contributed by atoms with Crippen LogP contribution in [0, 0.1) is 0 Å². The number of cyclic esters (lactones) is 1. The van der Waals surface area contributed by atoms with Crippen LogP contribution >= 0.6 is 0 Å². The number of carbonyl (C=O) groups is 2. The molecule has 0 bridgehead atoms. The Morgan fingerprint density at radius 3 is 2.68 bits per heavy atom. The third-order valence-electron chi connectivity index (χ3n) is 3.21. The maximum Gasteiger partial charge on any atom is 0.306 e. The number of rotatable bonds is 2. The molecule has 100 valence electrons. The monoisotopic (exact) mass is 262 g/mol. The number of ketones is 1. The average Bonchev–Trinajstić information content (AvgIpc) is 2.72. The number of hydrogen-bond acceptors (Lipinski definition) is 5. The van der Waals surface area contributed by atoms with Crippen LogP contribution in [0.2, 0.25) is 0 Å². The van der Waals surface area contributed by atoms with Crippen molar-refractivity contribution in [2.45, 2.75) is 25.4 Å². The van der Waals surface area contributed by atoms with Crippen LogP contribution in [0.4, 0.5) is 0 Å². The second-order valence-corrected chi connectivity index (χ2v) is 4.59. The number of ether oxygens (including phenoxy) is 3. The van der Waals surface area contributed by atoms with Gasteiger partial charge in [0.15, 0.2) is 17.6 Å². The van der Waals surface area contributed by atoms with Gasteiger partial charge in [0.25, 0.3) is 0 Å². The summed E-state index contributed by atoms with van der Waals surface area (Å²) >= 11 is 0. The van der Waals surface area contributed by atoms with Crippen molar-refractivity contribution in [1.29, 1.82) is 0 Å². The Labute approximate surface area is 110 Å². The van der Waals surface area contributed by atoms with Crippen molar-refractivity contribution in [3.8, 4) is 11.5 Å². The molecule has 5 heteroatoms. The highest BCUT2D eigenvalue weighted by Crippen LogP contribution is 2.31. The maximum absolute atomic E-state index is 12.2. The van der Waals surface area contributed by atoms with Crippen molar-refractivity contribution in [1.82, 2.24) is 0 Å². The molecule has 1 aromatic rings. The third-order valence-corrected chi connectivity index (χ3v) is 3.21. The van der Waals surface area contributed by atoms with Gasteiger partial charge in [-0.15, -0.1) is 0 Å². The van der Waals surface area contributed by atoms with E-state index in [9.17, 15) is 9.59 Å². The molecule has 0 saturated carbocycles. The van der Waals surface area contributed by atoms with Crippen LogP contribution in [-0.4, -0.2) is 31.1 Å². The molecule has 1 aromatic carbocycles. The molecule has 1 fully saturated rings. The molecule has 0 aliphatic carbocycles. The quantitative estimate of drug-likeness (QED) is 0.600. The topological polar surface area (TPSA) is 61.8 Å². The maximum atomic E-state index is 12.2. The van der Waals surface area contributed by atoms with Gasteiger partial charge in [0.1, 0.15) is 0 Å². The van der Waals surface area contributed by atoms with Gasteiger partial charge in [-0.25, -0.2) is 0 Å². The Balaban J connectivity index is 1.83. The summed E-state index contributed by atoms with van der Waals surface area (Å²) in [6.45, 7) is 1.18. The minimum Gasteiger partial charge on any atom is -0.490 e. The number of benzene rings is 1. The highest BCUT2D eigenvalue weighted by Gasteiger charge is 2.31. The third kappa shape index (κ3) is 2.41. The molecule has 3 rings (SSSR count). The highest BCUT2D eigenvalue weighted by atomic mass is 16.6. The first-order chi connectivity index (χ1) is 9.24. The summed E-state index contributed by atoms with van der Waals surface area (Å²) in [6.07, 6.45) is 0.919. The van der Waals surface area contributed by atoms with Gasteiger partial charge < -0.3 is 14.2 Å². The Kier molecular flexibility index (Phi) is 3.11. The van der Waals surface area contributed by atoms with Crippen molar-refractivity contribution < 1.29 is 23.8 Å². The van der Waals surface area contributed by atoms with Crippen molar-refractivity contribution >= 4 is 11.8 Å². The van der Waals surface area contributed by atoms with Crippen molar-refractivity contribution in [3.05, 3.63) is 23.8 Å². The predicted molar refractivity (Wildman–Crippen MR) is 65.5 cm³/mol. The van der Waals surface area contributed by atoms with Crippen LogP contribution in [-0.2, 0) is 9.53 Å². The first-order valence-electron chi connectivity index (χ1n) is 6.37. The van der Waals surface area contributed by atoms with Crippen LogP contribution in [0.5, 0.6) is 11.5 Å². The Morgan fingerprint density at radius 1 is 1.16 bits per heavy atom. The first-order valence-corrected chi connectivity index (χ1v) is 6.37. The van der Waals surface area contributed by atoms with Crippen LogP contribution < -0.4 is 9.47 Å². The molecule has 0 spiro atoms. The molecule has 1 saturated heterocycles. The zero-order valence-corrected chi connectivity index (χ0v) is 10.4. The summed E-state index contributed by atoms with van der Waals surface area (Å²) in [7, 11) is 0. The molecule has 2 aliphatic rings. The number of hydrogen-bond donors (Lipinski definition) is 0. The normalized spacial score (nSPS) is 21.7. The molecule has 1 unspecified atom stereocenters. The standard InChI is InChI=1S/C14H14O5/c15-13-5-4-11(19-13)14(16)9-2-3-10-12(8-9)18-7-1-6-17-10/h2-3,8,11H,1,4-7H2. The minimum atomic E-state index is -0.655. The van der Waals surface area contributed by atoms with E-state index in [4.69, 9.17) is 14.2 Å². The summed E-state index contributed by atoms with van der Waals surface area (Å²) in [4.78, 5) is 23.2. The van der Waals surface area contributed by atoms with E-state index in [1.807, 2.05) is 0 Å². The van der Waals surface area contributed by atoms with E-state index in [2.05, 4.69) is 0 Å². The van der Waals surface area contributed by atoms with Crippen LogP contribution in [0.1, 0.15) is 29.6 Å². The van der Waals surface area contributed by atoms with Gasteiger partial charge >= 0.3 is 5.97 Å². The summed E-state index contributed by atoms with van der Waals surface area (Å²) in [5.41, 5.74) is 0.490. The van der Waals surface area contributed by atoms with Gasteiger partial charge in [-0.1, -0.05) is 0 Å². The second kappa shape index (κ2) is 4.91. The van der Waals surface area contributed by atoms with E-state index in [-0.39, 0.29) is 11.8 Å². The van der Waals surface area contributed by atoms with Gasteiger partial charge in [0.05, 0.1) is 13.2 Å². The largest absolute Gasteiger partial charge is 0.490 e. The fourth-order valence-electron chi connectivity index (χ4n) is 2.21. The fourth-order valence-corrected chi connectivity index (χ4v) is 2.21. The Bertz CT molecular complexity index is 523. The lowest BCUT2D eigenvalue weighted by atomic mass is 10.0. The van der Waals surface area contributed by atoms with Crippen molar-refractivity contribution in [3.63, 3.8) is 0 Å². The van der Waals surface area contributed by atoms with Gasteiger partial charge in [-0.3, -0.25) is 9.59 Å². The van der Waals surface area contributed by atoms with Crippen LogP contribution in [0.15, 0.2) is 18.2 Å². The van der Waals surface area contributed by atoms with Crippen molar-refractivity contribution in [2.75, 3.05) is 13.2 Å². The summed E-state index contributed by atoms with van der Waals surface area (Å²) in [5.74, 6) is 0.735. The molecule has 0 aromatic heterocycles. The van der Waals surface area contributed by atoms with E-state index < -0.39 is 6.10 Å². The summed E-state index contributed by atoms with van der Waals surface area (Å²) in [5, 5.41) is 0. The molecule has 0 amide bonds. The summed E-state index contributed by atoms with van der Waals surface area (Å²) < 4.78 is 16.0. The van der Waals surface area contributed by atoms with E-state index in [1.165, 1.54) is 0 Å². The second-order valence-electron chi connectivity index (χ2n) is 4.59. The van der Waals surface area contributed by atoms with E-state index in [1.54, 1.807) is 18.2 Å². The number of carbonyl (C=O) groups excluding carboxylic acids is 2. The average molecular weight is 262 g/mol. The zero-order valence-electron chi connectivity index (χ0n) is 10.4. The smallest absolute Gasteiger partial charge is 0.306 e. The van der Waals surface area contributed by atoms with Gasteiger partial charge in [0.2, 0.25) is 5.78 Å². The zero-order chi connectivity index (χ0) is 13.2. The molecule has 1 atom stereocenters. The molecule has 0 N–H and O–H groups in total. The first kappa shape index (κ1) is 12.0. The van der Waals surface area contributed by atoms with Crippen LogP contribution in [0.25, 0.3) is 0 Å². The molecule has 2 aliphatic heterocycles. The van der Waals surface area contributed by atoms with Gasteiger partial charge in [-0.2, -0.15) is 0 Å². The van der Waals surface area contributed by atoms with E-state index in [0.29, 0.717) is 43.1 Å². The molecule has 19 heavy (non-hydrogen) atoms. The lowest BCUT2D eigenvalue weighted by Gasteiger charge is -2.11. The van der Waals surface area contributed by atoms with Crippen molar-refractivity contribution in [2.24, 2.45) is 0 Å². The van der Waals surface area contributed by atoms with E-state index >= 15 is 0 Å². The fraction of sp³-hybridized carbons (Fsp3) is 0.429. The highest BCUT2D eigenvalue weighted by molar-refractivity contribution is 6.01. The summed E-state index contributed by atoms with van der Waals surface area (Å²) in [6, 6.07) is 5.07. The van der Waals surface area contributed by atoms with Crippen LogP contribution in [0.3, 0.4) is 0 Å². The Morgan fingerprint density at radius 2 is 1.95 bits per heavy atom. The molecule has 2 heterocycles. The minimum absolute atomic E-state index is 0.179. The Hall–Kier alpha value is -2.04.